The second-order valence-electron chi connectivity index (χ2n) is 4.73. The molecule has 2 N–H and O–H groups in total. The molecule has 0 radical (unpaired) electrons. The van der Waals surface area contributed by atoms with E-state index >= 15 is 0 Å². The molecule has 1 unspecified atom stereocenters. The Balaban J connectivity index is 2.19. The molecule has 1 heterocycles. The third kappa shape index (κ3) is 3.79. The van der Waals surface area contributed by atoms with Gasteiger partial charge in [-0.1, -0.05) is 30.7 Å². The van der Waals surface area contributed by atoms with E-state index in [1.54, 1.807) is 0 Å². The number of aromatic nitrogens is 1. The smallest absolute Gasteiger partial charge is 0.0474 e. The van der Waals surface area contributed by atoms with Crippen LogP contribution < -0.4 is 5.73 Å². The Morgan fingerprint density at radius 1 is 1.25 bits per heavy atom. The number of halogens is 1. The van der Waals surface area contributed by atoms with Crippen molar-refractivity contribution in [1.29, 1.82) is 0 Å². The monoisotopic (exact) mass is 289 g/mol. The fourth-order valence-electron chi connectivity index (χ4n) is 2.37. The molecule has 3 nitrogen and oxygen atoms in total. The Morgan fingerprint density at radius 2 is 2.00 bits per heavy atom. The Labute approximate surface area is 125 Å². The third-order valence-corrected chi connectivity index (χ3v) is 3.67. The van der Waals surface area contributed by atoms with Crippen molar-refractivity contribution in [1.82, 2.24) is 9.88 Å². The lowest BCUT2D eigenvalue weighted by atomic mass is 10.0. The van der Waals surface area contributed by atoms with Crippen LogP contribution in [0.3, 0.4) is 0 Å². The predicted molar refractivity (Wildman–Crippen MR) is 83.6 cm³/mol. The van der Waals surface area contributed by atoms with E-state index in [1.165, 1.54) is 5.56 Å². The van der Waals surface area contributed by atoms with Crippen molar-refractivity contribution in [3.63, 3.8) is 0 Å². The van der Waals surface area contributed by atoms with Gasteiger partial charge < -0.3 is 5.73 Å². The summed E-state index contributed by atoms with van der Waals surface area (Å²) in [4.78, 5) is 6.40. The molecule has 0 bridgehead atoms. The molecule has 0 aliphatic heterocycles. The van der Waals surface area contributed by atoms with Crippen molar-refractivity contribution < 1.29 is 0 Å². The first-order chi connectivity index (χ1) is 9.74. The highest BCUT2D eigenvalue weighted by Gasteiger charge is 2.18. The molecule has 0 aliphatic rings. The zero-order chi connectivity index (χ0) is 14.4. The van der Waals surface area contributed by atoms with Crippen LogP contribution in [-0.2, 0) is 6.54 Å². The second kappa shape index (κ2) is 7.39. The zero-order valence-electron chi connectivity index (χ0n) is 11.7. The zero-order valence-corrected chi connectivity index (χ0v) is 12.4. The number of nitrogens with zero attached hydrogens (tertiary/aromatic N) is 2. The summed E-state index contributed by atoms with van der Waals surface area (Å²) in [7, 11) is 0. The third-order valence-electron chi connectivity index (χ3n) is 3.44. The van der Waals surface area contributed by atoms with Crippen LogP contribution in [0.1, 0.15) is 24.1 Å². The molecule has 0 saturated heterocycles. The Bertz CT molecular complexity index is 530. The second-order valence-corrected chi connectivity index (χ2v) is 5.16. The first-order valence-electron chi connectivity index (χ1n) is 6.83. The van der Waals surface area contributed by atoms with E-state index < -0.39 is 0 Å². The van der Waals surface area contributed by atoms with Gasteiger partial charge in [-0.25, -0.2) is 0 Å². The quantitative estimate of drug-likeness (QED) is 0.887. The molecule has 0 aliphatic carbocycles. The van der Waals surface area contributed by atoms with Gasteiger partial charge in [-0.3, -0.25) is 9.88 Å². The van der Waals surface area contributed by atoms with Gasteiger partial charge in [0.05, 0.1) is 0 Å². The summed E-state index contributed by atoms with van der Waals surface area (Å²) in [6.07, 6.45) is 3.64. The van der Waals surface area contributed by atoms with Crippen LogP contribution in [0.4, 0.5) is 0 Å². The molecule has 4 heteroatoms. The Hall–Kier alpha value is -1.42. The van der Waals surface area contributed by atoms with Gasteiger partial charge >= 0.3 is 0 Å². The first-order valence-corrected chi connectivity index (χ1v) is 7.21. The molecule has 1 atom stereocenters. The molecule has 0 fully saturated rings. The highest BCUT2D eigenvalue weighted by Crippen LogP contribution is 2.24. The van der Waals surface area contributed by atoms with E-state index in [2.05, 4.69) is 22.9 Å². The van der Waals surface area contributed by atoms with E-state index in [0.29, 0.717) is 6.54 Å². The fraction of sp³-hybridized carbons (Fsp3) is 0.312. The van der Waals surface area contributed by atoms with Crippen LogP contribution in [0.25, 0.3) is 0 Å². The van der Waals surface area contributed by atoms with Gasteiger partial charge in [0.2, 0.25) is 0 Å². The number of hydrogen-bond acceptors (Lipinski definition) is 3. The van der Waals surface area contributed by atoms with Gasteiger partial charge in [0.25, 0.3) is 0 Å². The minimum absolute atomic E-state index is 0.173. The number of rotatable bonds is 6. The predicted octanol–water partition coefficient (Wildman–Crippen LogP) is 3.26. The summed E-state index contributed by atoms with van der Waals surface area (Å²) in [5.74, 6) is 0. The van der Waals surface area contributed by atoms with Crippen molar-refractivity contribution in [2.24, 2.45) is 5.73 Å². The average molecular weight is 290 g/mol. The molecular formula is C16H20ClN3. The van der Waals surface area contributed by atoms with Crippen LogP contribution in [0.5, 0.6) is 0 Å². The largest absolute Gasteiger partial charge is 0.329 e. The maximum atomic E-state index is 6.09. The summed E-state index contributed by atoms with van der Waals surface area (Å²) < 4.78 is 0. The first kappa shape index (κ1) is 15.0. The van der Waals surface area contributed by atoms with Crippen molar-refractivity contribution >= 4 is 11.6 Å². The van der Waals surface area contributed by atoms with Crippen LogP contribution in [0.2, 0.25) is 5.02 Å². The summed E-state index contributed by atoms with van der Waals surface area (Å²) in [6.45, 7) is 4.50. The molecule has 106 valence electrons. The Morgan fingerprint density at radius 3 is 2.60 bits per heavy atom. The SMILES string of the molecule is CCN(Cc1ccncc1)C(CN)c1cccc(Cl)c1. The lowest BCUT2D eigenvalue weighted by Crippen LogP contribution is -2.33. The molecule has 0 spiro atoms. The number of benzene rings is 1. The van der Waals surface area contributed by atoms with E-state index in [9.17, 15) is 0 Å². The fourth-order valence-corrected chi connectivity index (χ4v) is 2.57. The molecule has 20 heavy (non-hydrogen) atoms. The molecular weight excluding hydrogens is 270 g/mol. The standard InChI is InChI=1S/C16H20ClN3/c1-2-20(12-13-6-8-19-9-7-13)16(11-18)14-4-3-5-15(17)10-14/h3-10,16H,2,11-12,18H2,1H3. The van der Waals surface area contributed by atoms with E-state index in [0.717, 1.165) is 23.7 Å². The summed E-state index contributed by atoms with van der Waals surface area (Å²) in [5, 5.41) is 0.751. The number of pyridine rings is 1. The summed E-state index contributed by atoms with van der Waals surface area (Å²) >= 11 is 6.09. The van der Waals surface area contributed by atoms with Gasteiger partial charge in [0.1, 0.15) is 0 Å². The maximum absolute atomic E-state index is 6.09. The average Bonchev–Trinajstić information content (AvgIpc) is 2.48. The van der Waals surface area contributed by atoms with Crippen molar-refractivity contribution in [3.05, 3.63) is 64.9 Å². The highest BCUT2D eigenvalue weighted by molar-refractivity contribution is 6.30. The van der Waals surface area contributed by atoms with Gasteiger partial charge in [-0.15, -0.1) is 0 Å². The van der Waals surface area contributed by atoms with E-state index in [-0.39, 0.29) is 6.04 Å². The molecule has 1 aromatic carbocycles. The van der Waals surface area contributed by atoms with Crippen LogP contribution in [0, 0.1) is 0 Å². The van der Waals surface area contributed by atoms with Crippen molar-refractivity contribution in [2.75, 3.05) is 13.1 Å². The van der Waals surface area contributed by atoms with Crippen LogP contribution >= 0.6 is 11.6 Å². The minimum atomic E-state index is 0.173. The highest BCUT2D eigenvalue weighted by atomic mass is 35.5. The topological polar surface area (TPSA) is 42.2 Å². The number of hydrogen-bond donors (Lipinski definition) is 1. The van der Waals surface area contributed by atoms with Gasteiger partial charge in [-0.05, 0) is 41.9 Å². The van der Waals surface area contributed by atoms with E-state index in [1.807, 2.05) is 42.7 Å². The molecule has 2 rings (SSSR count). The van der Waals surface area contributed by atoms with Crippen molar-refractivity contribution in [2.45, 2.75) is 19.5 Å². The number of likely N-dealkylation sites (N-methyl/N-ethyl adjacent to an activating group) is 1. The summed E-state index contributed by atoms with van der Waals surface area (Å²) in [6, 6.07) is 12.2. The normalized spacial score (nSPS) is 12.6. The van der Waals surface area contributed by atoms with Gasteiger partial charge in [-0.2, -0.15) is 0 Å². The van der Waals surface area contributed by atoms with E-state index in [4.69, 9.17) is 17.3 Å². The van der Waals surface area contributed by atoms with Gasteiger partial charge in [0, 0.05) is 36.5 Å². The number of nitrogens with two attached hydrogens (primary N) is 1. The van der Waals surface area contributed by atoms with Crippen LogP contribution in [0.15, 0.2) is 48.8 Å². The molecule has 2 aromatic rings. The Kier molecular flexibility index (Phi) is 5.53. The minimum Gasteiger partial charge on any atom is -0.329 e. The van der Waals surface area contributed by atoms with Gasteiger partial charge in [0.15, 0.2) is 0 Å². The van der Waals surface area contributed by atoms with Crippen molar-refractivity contribution in [3.8, 4) is 0 Å². The molecule has 0 saturated carbocycles. The maximum Gasteiger partial charge on any atom is 0.0474 e. The summed E-state index contributed by atoms with van der Waals surface area (Å²) in [5.41, 5.74) is 8.39. The molecule has 0 amide bonds. The lowest BCUT2D eigenvalue weighted by molar-refractivity contribution is 0.203. The molecule has 1 aromatic heterocycles. The lowest BCUT2D eigenvalue weighted by Gasteiger charge is -2.30. The van der Waals surface area contributed by atoms with Crippen LogP contribution in [-0.4, -0.2) is 23.0 Å².